The van der Waals surface area contributed by atoms with Crippen LogP contribution in [0, 0.1) is 23.7 Å². The van der Waals surface area contributed by atoms with Crippen molar-refractivity contribution < 1.29 is 14.3 Å². The molecule has 0 aliphatic heterocycles. The van der Waals surface area contributed by atoms with E-state index in [1.807, 2.05) is 4.90 Å². The largest absolute Gasteiger partial charge is 0.464 e. The van der Waals surface area contributed by atoms with Gasteiger partial charge in [0.25, 0.3) is 0 Å². The summed E-state index contributed by atoms with van der Waals surface area (Å²) in [7, 11) is 1.36. The van der Waals surface area contributed by atoms with Crippen LogP contribution in [0.25, 0.3) is 0 Å². The van der Waals surface area contributed by atoms with Crippen LogP contribution in [0.4, 0.5) is 4.79 Å². The van der Waals surface area contributed by atoms with E-state index in [1.54, 1.807) is 5.38 Å². The van der Waals surface area contributed by atoms with Crippen LogP contribution >= 0.6 is 11.3 Å². The van der Waals surface area contributed by atoms with E-state index in [1.165, 1.54) is 37.7 Å². The zero-order valence-electron chi connectivity index (χ0n) is 17.8. The summed E-state index contributed by atoms with van der Waals surface area (Å²) in [6.45, 7) is 5.48. The van der Waals surface area contributed by atoms with Gasteiger partial charge in [-0.2, -0.15) is 0 Å². The van der Waals surface area contributed by atoms with Gasteiger partial charge in [0, 0.05) is 17.5 Å². The lowest BCUT2D eigenvalue weighted by molar-refractivity contribution is -0.0158. The van der Waals surface area contributed by atoms with Crippen LogP contribution in [0.15, 0.2) is 5.38 Å². The van der Waals surface area contributed by atoms with E-state index >= 15 is 0 Å². The molecule has 0 unspecified atom stereocenters. The van der Waals surface area contributed by atoms with Gasteiger partial charge in [0.2, 0.25) is 0 Å². The average molecular weight is 420 g/mol. The number of thiazole rings is 1. The maximum atomic E-state index is 13.3. The zero-order chi connectivity index (χ0) is 20.6. The van der Waals surface area contributed by atoms with Crippen LogP contribution in [0.1, 0.15) is 74.3 Å². The third-order valence-electron chi connectivity index (χ3n) is 6.95. The smallest absolute Gasteiger partial charge is 0.357 e. The molecule has 0 spiro atoms. The van der Waals surface area contributed by atoms with Gasteiger partial charge in [-0.15, -0.1) is 11.3 Å². The maximum Gasteiger partial charge on any atom is 0.357 e. The van der Waals surface area contributed by atoms with Crippen molar-refractivity contribution in [2.24, 2.45) is 23.7 Å². The second-order valence-corrected chi connectivity index (χ2v) is 10.8. The van der Waals surface area contributed by atoms with E-state index in [4.69, 9.17) is 4.74 Å². The molecular weight excluding hydrogens is 386 g/mol. The highest BCUT2D eigenvalue weighted by Gasteiger charge is 2.51. The first kappa shape index (κ1) is 20.6. The van der Waals surface area contributed by atoms with E-state index < -0.39 is 5.97 Å². The molecule has 4 bridgehead atoms. The molecule has 4 fully saturated rings. The zero-order valence-corrected chi connectivity index (χ0v) is 18.6. The highest BCUT2D eigenvalue weighted by molar-refractivity contribution is 7.09. The van der Waals surface area contributed by atoms with Crippen LogP contribution in [0.3, 0.4) is 0 Å². The molecule has 4 aliphatic rings. The number of carbonyl (C=O) groups excluding carboxylic acids is 2. The number of nitrogens with one attached hydrogen (secondary N) is 1. The Balaban J connectivity index is 1.45. The SMILES string of the molecule is COC(=O)c1csc(CN(CCC(C)C)C(=O)NC23CC4CC(CC(C4)C2)C3)n1. The Morgan fingerprint density at radius 1 is 1.24 bits per heavy atom. The number of esters is 1. The first-order valence-corrected chi connectivity index (χ1v) is 11.8. The highest BCUT2D eigenvalue weighted by atomic mass is 32.1. The van der Waals surface area contributed by atoms with Gasteiger partial charge in [-0.3, -0.25) is 0 Å². The van der Waals surface area contributed by atoms with Crippen molar-refractivity contribution in [3.05, 3.63) is 16.1 Å². The summed E-state index contributed by atoms with van der Waals surface area (Å²) in [5.41, 5.74) is 0.319. The molecule has 4 saturated carbocycles. The Morgan fingerprint density at radius 2 is 1.86 bits per heavy atom. The molecule has 0 aromatic carbocycles. The number of urea groups is 1. The number of amides is 2. The Labute approximate surface area is 177 Å². The Morgan fingerprint density at radius 3 is 2.41 bits per heavy atom. The van der Waals surface area contributed by atoms with Crippen LogP contribution in [0.2, 0.25) is 0 Å². The molecule has 7 heteroatoms. The molecule has 6 nitrogen and oxygen atoms in total. The molecule has 0 radical (unpaired) electrons. The Bertz CT molecular complexity index is 725. The molecule has 4 aliphatic carbocycles. The monoisotopic (exact) mass is 419 g/mol. The van der Waals surface area contributed by atoms with Crippen LogP contribution in [-0.4, -0.2) is 41.1 Å². The van der Waals surface area contributed by atoms with E-state index in [9.17, 15) is 9.59 Å². The number of nitrogens with zero attached hydrogens (tertiary/aromatic N) is 2. The summed E-state index contributed by atoms with van der Waals surface area (Å²) in [6, 6.07) is 0.0300. The molecule has 5 rings (SSSR count). The lowest BCUT2D eigenvalue weighted by atomic mass is 9.53. The second-order valence-electron chi connectivity index (χ2n) is 9.85. The van der Waals surface area contributed by atoms with E-state index in [0.717, 1.165) is 48.4 Å². The topological polar surface area (TPSA) is 71.5 Å². The summed E-state index contributed by atoms with van der Waals surface area (Å²) >= 11 is 1.41. The number of methoxy groups -OCH3 is 1. The number of carbonyl (C=O) groups is 2. The first-order valence-electron chi connectivity index (χ1n) is 11.0. The van der Waals surface area contributed by atoms with Gasteiger partial charge in [-0.1, -0.05) is 13.8 Å². The fraction of sp³-hybridized carbons (Fsp3) is 0.773. The maximum absolute atomic E-state index is 13.3. The summed E-state index contributed by atoms with van der Waals surface area (Å²) in [4.78, 5) is 31.3. The predicted octanol–water partition coefficient (Wildman–Crippen LogP) is 4.46. The lowest BCUT2D eigenvalue weighted by Crippen LogP contribution is -2.61. The fourth-order valence-electron chi connectivity index (χ4n) is 5.98. The standard InChI is InChI=1S/C22H33N3O3S/c1-14(2)4-5-25(12-19-23-18(13-29-19)20(26)28-3)21(27)24-22-9-15-6-16(10-22)8-17(7-15)11-22/h13-17H,4-12H2,1-3H3,(H,24,27). The predicted molar refractivity (Wildman–Crippen MR) is 113 cm³/mol. The molecule has 160 valence electrons. The number of aromatic nitrogens is 1. The molecule has 1 heterocycles. The van der Waals surface area contributed by atoms with Crippen LogP contribution in [-0.2, 0) is 11.3 Å². The highest BCUT2D eigenvalue weighted by Crippen LogP contribution is 2.55. The number of ether oxygens (including phenoxy) is 1. The quantitative estimate of drug-likeness (QED) is 0.663. The van der Waals surface area contributed by atoms with Gasteiger partial charge < -0.3 is 15.0 Å². The summed E-state index contributed by atoms with van der Waals surface area (Å²) in [6.07, 6.45) is 8.47. The Hall–Kier alpha value is -1.63. The molecule has 1 aromatic heterocycles. The molecular formula is C22H33N3O3S. The summed E-state index contributed by atoms with van der Waals surface area (Å²) in [5, 5.41) is 5.96. The van der Waals surface area contributed by atoms with Crippen LogP contribution < -0.4 is 5.32 Å². The first-order chi connectivity index (χ1) is 13.9. The number of hydrogen-bond donors (Lipinski definition) is 1. The van der Waals surface area contributed by atoms with E-state index in [-0.39, 0.29) is 11.6 Å². The summed E-state index contributed by atoms with van der Waals surface area (Å²) in [5.74, 6) is 2.48. The van der Waals surface area contributed by atoms with Gasteiger partial charge in [0.1, 0.15) is 5.01 Å². The van der Waals surface area contributed by atoms with Gasteiger partial charge >= 0.3 is 12.0 Å². The normalized spacial score (nSPS) is 29.9. The fourth-order valence-corrected chi connectivity index (χ4v) is 6.76. The lowest BCUT2D eigenvalue weighted by Gasteiger charge is -2.57. The van der Waals surface area contributed by atoms with Crippen molar-refractivity contribution in [1.29, 1.82) is 0 Å². The molecule has 0 saturated heterocycles. The van der Waals surface area contributed by atoms with Gasteiger partial charge in [0.15, 0.2) is 5.69 Å². The molecule has 29 heavy (non-hydrogen) atoms. The van der Waals surface area contributed by atoms with E-state index in [0.29, 0.717) is 24.7 Å². The molecule has 0 atom stereocenters. The molecule has 1 aromatic rings. The molecule has 2 amide bonds. The summed E-state index contributed by atoms with van der Waals surface area (Å²) < 4.78 is 4.75. The van der Waals surface area contributed by atoms with Crippen molar-refractivity contribution >= 4 is 23.3 Å². The Kier molecular flexibility index (Phi) is 5.87. The second kappa shape index (κ2) is 8.25. The number of hydrogen-bond acceptors (Lipinski definition) is 5. The van der Waals surface area contributed by atoms with Crippen molar-refractivity contribution in [3.63, 3.8) is 0 Å². The van der Waals surface area contributed by atoms with Crippen molar-refractivity contribution in [3.8, 4) is 0 Å². The van der Waals surface area contributed by atoms with Crippen molar-refractivity contribution in [1.82, 2.24) is 15.2 Å². The van der Waals surface area contributed by atoms with Gasteiger partial charge in [0.05, 0.1) is 13.7 Å². The van der Waals surface area contributed by atoms with Crippen molar-refractivity contribution in [2.75, 3.05) is 13.7 Å². The third kappa shape index (κ3) is 4.60. The minimum atomic E-state index is -0.431. The third-order valence-corrected chi connectivity index (χ3v) is 7.78. The van der Waals surface area contributed by atoms with Gasteiger partial charge in [-0.05, 0) is 68.6 Å². The minimum absolute atomic E-state index is 0.00195. The number of rotatable bonds is 7. The minimum Gasteiger partial charge on any atom is -0.464 e. The van der Waals surface area contributed by atoms with Crippen LogP contribution in [0.5, 0.6) is 0 Å². The van der Waals surface area contributed by atoms with Crippen molar-refractivity contribution in [2.45, 2.75) is 70.9 Å². The molecule has 1 N–H and O–H groups in total. The average Bonchev–Trinajstić information content (AvgIpc) is 3.11. The van der Waals surface area contributed by atoms with E-state index in [2.05, 4.69) is 24.1 Å². The van der Waals surface area contributed by atoms with Gasteiger partial charge in [-0.25, -0.2) is 14.6 Å².